The molecule has 0 radical (unpaired) electrons. The summed E-state index contributed by atoms with van der Waals surface area (Å²) >= 11 is 0. The molecule has 0 aliphatic carbocycles. The number of pyridine rings is 1. The molecule has 11 nitrogen and oxygen atoms in total. The molecule has 36 heavy (non-hydrogen) atoms. The molecule has 0 bridgehead atoms. The average Bonchev–Trinajstić information content (AvgIpc) is 3.45. The van der Waals surface area contributed by atoms with Gasteiger partial charge in [0.25, 0.3) is 15.7 Å². The quantitative estimate of drug-likeness (QED) is 0.240. The van der Waals surface area contributed by atoms with E-state index in [1.807, 2.05) is 31.2 Å². The van der Waals surface area contributed by atoms with Crippen molar-refractivity contribution in [3.63, 3.8) is 0 Å². The monoisotopic (exact) mass is 507 g/mol. The highest BCUT2D eigenvalue weighted by molar-refractivity contribution is 7.91. The summed E-state index contributed by atoms with van der Waals surface area (Å²) in [7, 11) is -4.19. The SMILES string of the molecule is Cc1nc(C(=O)NCCCOc2no[n+]([O-])c2S(=O)(=O)c2ccccc2)cc2c1[nH]c1ccccc12. The number of benzene rings is 2. The minimum absolute atomic E-state index is 0.0158. The Bertz CT molecular complexity index is 1680. The summed E-state index contributed by atoms with van der Waals surface area (Å²) in [5, 5.41) is 19.3. The highest BCUT2D eigenvalue weighted by Crippen LogP contribution is 2.27. The van der Waals surface area contributed by atoms with Crippen molar-refractivity contribution in [2.45, 2.75) is 23.3 Å². The topological polar surface area (TPSA) is 154 Å². The van der Waals surface area contributed by atoms with E-state index in [0.29, 0.717) is 12.1 Å². The number of fused-ring (bicyclic) bond motifs is 3. The van der Waals surface area contributed by atoms with E-state index in [1.54, 1.807) is 12.1 Å². The number of nitrogens with one attached hydrogen (secondary N) is 2. The number of aromatic nitrogens is 4. The van der Waals surface area contributed by atoms with Crippen LogP contribution in [-0.2, 0) is 9.84 Å². The Morgan fingerprint density at radius 3 is 2.69 bits per heavy atom. The first-order valence-corrected chi connectivity index (χ1v) is 12.5. The lowest BCUT2D eigenvalue weighted by Crippen LogP contribution is -2.31. The molecule has 0 atom stereocenters. The first kappa shape index (κ1) is 23.3. The molecule has 2 aromatic carbocycles. The van der Waals surface area contributed by atoms with Gasteiger partial charge in [0.2, 0.25) is 0 Å². The van der Waals surface area contributed by atoms with Crippen LogP contribution in [0.25, 0.3) is 21.8 Å². The number of aromatic amines is 1. The van der Waals surface area contributed by atoms with Crippen LogP contribution in [0, 0.1) is 12.1 Å². The maximum absolute atomic E-state index is 12.8. The normalized spacial score (nSPS) is 11.7. The summed E-state index contributed by atoms with van der Waals surface area (Å²) in [6, 6.07) is 17.0. The van der Waals surface area contributed by atoms with Crippen LogP contribution in [0.2, 0.25) is 0 Å². The Morgan fingerprint density at radius 1 is 1.14 bits per heavy atom. The van der Waals surface area contributed by atoms with E-state index >= 15 is 0 Å². The van der Waals surface area contributed by atoms with Crippen molar-refractivity contribution in [1.82, 2.24) is 20.4 Å². The molecule has 12 heteroatoms. The van der Waals surface area contributed by atoms with Gasteiger partial charge in [-0.05, 0) is 42.5 Å². The summed E-state index contributed by atoms with van der Waals surface area (Å²) in [4.78, 5) is 20.1. The highest BCUT2D eigenvalue weighted by Gasteiger charge is 2.35. The molecule has 3 heterocycles. The van der Waals surface area contributed by atoms with Crippen LogP contribution in [0.1, 0.15) is 22.6 Å². The standard InChI is InChI=1S/C24H21N5O6S/c1-15-21-18(17-10-5-6-11-19(17)27-21)14-20(26-15)22(30)25-12-7-13-34-23-24(29(31)35-28-23)36(32,33)16-8-3-2-4-9-16/h2-6,8-11,14,27H,7,12-13H2,1H3,(H,25,30). The van der Waals surface area contributed by atoms with Gasteiger partial charge in [0, 0.05) is 22.8 Å². The zero-order valence-corrected chi connectivity index (χ0v) is 19.9. The first-order valence-electron chi connectivity index (χ1n) is 11.0. The molecule has 0 saturated heterocycles. The zero-order chi connectivity index (χ0) is 25.3. The Hall–Kier alpha value is -4.45. The minimum Gasteiger partial charge on any atom is -0.454 e. The number of rotatable bonds is 8. The fraction of sp³-hybridized carbons (Fsp3) is 0.167. The van der Waals surface area contributed by atoms with Gasteiger partial charge >= 0.3 is 10.9 Å². The maximum atomic E-state index is 12.8. The van der Waals surface area contributed by atoms with E-state index in [2.05, 4.69) is 25.1 Å². The Labute approximate surface area is 205 Å². The molecule has 3 aromatic heterocycles. The number of carbonyl (C=O) groups is 1. The van der Waals surface area contributed by atoms with Gasteiger partial charge in [0.05, 0.1) is 27.9 Å². The van der Waals surface area contributed by atoms with Crippen molar-refractivity contribution >= 4 is 37.6 Å². The van der Waals surface area contributed by atoms with Crippen LogP contribution in [0.5, 0.6) is 5.88 Å². The van der Waals surface area contributed by atoms with Crippen molar-refractivity contribution in [3.05, 3.63) is 77.3 Å². The third kappa shape index (κ3) is 4.22. The van der Waals surface area contributed by atoms with Crippen molar-refractivity contribution in [2.75, 3.05) is 13.2 Å². The number of H-pyrrole nitrogens is 1. The molecular weight excluding hydrogens is 486 g/mol. The Kier molecular flexibility index (Phi) is 6.02. The molecule has 0 unspecified atom stereocenters. The predicted octanol–water partition coefficient (Wildman–Crippen LogP) is 2.68. The van der Waals surface area contributed by atoms with Crippen molar-refractivity contribution in [3.8, 4) is 5.88 Å². The van der Waals surface area contributed by atoms with Gasteiger partial charge in [0.1, 0.15) is 5.69 Å². The van der Waals surface area contributed by atoms with Gasteiger partial charge in [-0.3, -0.25) is 9.42 Å². The summed E-state index contributed by atoms with van der Waals surface area (Å²) in [6.07, 6.45) is 0.316. The third-order valence-corrected chi connectivity index (χ3v) is 7.34. The van der Waals surface area contributed by atoms with Crippen LogP contribution in [0.15, 0.2) is 75.2 Å². The zero-order valence-electron chi connectivity index (χ0n) is 19.1. The summed E-state index contributed by atoms with van der Waals surface area (Å²) in [5.41, 5.74) is 2.84. The van der Waals surface area contributed by atoms with Crippen LogP contribution >= 0.6 is 0 Å². The molecule has 0 spiro atoms. The van der Waals surface area contributed by atoms with Gasteiger partial charge in [-0.25, -0.2) is 13.4 Å². The van der Waals surface area contributed by atoms with Crippen LogP contribution < -0.4 is 15.0 Å². The number of para-hydroxylation sites is 1. The lowest BCUT2D eigenvalue weighted by molar-refractivity contribution is -0.832. The molecule has 2 N–H and O–H groups in total. The van der Waals surface area contributed by atoms with E-state index in [1.165, 1.54) is 24.3 Å². The number of hydrogen-bond donors (Lipinski definition) is 2. The van der Waals surface area contributed by atoms with Crippen molar-refractivity contribution in [2.24, 2.45) is 0 Å². The highest BCUT2D eigenvalue weighted by atomic mass is 32.2. The van der Waals surface area contributed by atoms with Crippen LogP contribution in [0.3, 0.4) is 0 Å². The second-order valence-electron chi connectivity index (χ2n) is 8.00. The third-order valence-electron chi connectivity index (χ3n) is 5.61. The summed E-state index contributed by atoms with van der Waals surface area (Å²) < 4.78 is 35.4. The number of aryl methyl sites for hydroxylation is 1. The van der Waals surface area contributed by atoms with E-state index in [0.717, 1.165) is 21.8 Å². The average molecular weight is 508 g/mol. The molecule has 184 valence electrons. The number of hydrogen-bond acceptors (Lipinski definition) is 8. The van der Waals surface area contributed by atoms with E-state index in [-0.39, 0.29) is 34.6 Å². The summed E-state index contributed by atoms with van der Waals surface area (Å²) in [5.74, 6) is -0.793. The lowest BCUT2D eigenvalue weighted by Gasteiger charge is -2.07. The van der Waals surface area contributed by atoms with Gasteiger partial charge in [-0.15, -0.1) is 0 Å². The summed E-state index contributed by atoms with van der Waals surface area (Å²) in [6.45, 7) is 2.04. The lowest BCUT2D eigenvalue weighted by atomic mass is 10.1. The largest absolute Gasteiger partial charge is 0.454 e. The fourth-order valence-corrected chi connectivity index (χ4v) is 5.19. The molecule has 5 rings (SSSR count). The van der Waals surface area contributed by atoms with E-state index < -0.39 is 20.7 Å². The number of nitrogens with zero attached hydrogens (tertiary/aromatic N) is 3. The Balaban J connectivity index is 1.22. The number of carbonyl (C=O) groups excluding carboxylic acids is 1. The van der Waals surface area contributed by atoms with Crippen molar-refractivity contribution < 1.29 is 27.5 Å². The minimum atomic E-state index is -4.19. The van der Waals surface area contributed by atoms with Gasteiger partial charge < -0.3 is 20.2 Å². The first-order chi connectivity index (χ1) is 17.4. The van der Waals surface area contributed by atoms with Gasteiger partial charge in [-0.1, -0.05) is 36.4 Å². The molecule has 0 fully saturated rings. The number of amides is 1. The molecule has 0 saturated carbocycles. The molecule has 1 amide bonds. The molecule has 5 aromatic rings. The van der Waals surface area contributed by atoms with Crippen molar-refractivity contribution in [1.29, 1.82) is 0 Å². The van der Waals surface area contributed by atoms with Gasteiger partial charge in [0.15, 0.2) is 0 Å². The second-order valence-corrected chi connectivity index (χ2v) is 9.87. The number of ether oxygens (including phenoxy) is 1. The fourth-order valence-electron chi connectivity index (χ4n) is 3.90. The number of sulfone groups is 1. The maximum Gasteiger partial charge on any atom is 0.414 e. The molecule has 0 aliphatic rings. The van der Waals surface area contributed by atoms with E-state index in [4.69, 9.17) is 4.74 Å². The van der Waals surface area contributed by atoms with Crippen LogP contribution in [-0.4, -0.2) is 42.6 Å². The van der Waals surface area contributed by atoms with Gasteiger partial charge in [-0.2, -0.15) is 0 Å². The van der Waals surface area contributed by atoms with E-state index in [9.17, 15) is 18.4 Å². The predicted molar refractivity (Wildman–Crippen MR) is 128 cm³/mol. The molecular formula is C24H21N5O6S. The smallest absolute Gasteiger partial charge is 0.414 e. The Morgan fingerprint density at radius 2 is 1.89 bits per heavy atom. The molecule has 0 aliphatic heterocycles. The second kappa shape index (κ2) is 9.30. The van der Waals surface area contributed by atoms with Crippen LogP contribution in [0.4, 0.5) is 0 Å².